The maximum atomic E-state index is 4.67. The summed E-state index contributed by atoms with van der Waals surface area (Å²) in [5.74, 6) is 0. The lowest BCUT2D eigenvalue weighted by Crippen LogP contribution is -2.33. The van der Waals surface area contributed by atoms with Gasteiger partial charge in [-0.05, 0) is 43.9 Å². The molecule has 1 aromatic heterocycles. The van der Waals surface area contributed by atoms with Gasteiger partial charge in [-0.15, -0.1) is 0 Å². The minimum absolute atomic E-state index is 0.308. The molecule has 1 aliphatic rings. The highest BCUT2D eigenvalue weighted by atomic mass is 15.3. The van der Waals surface area contributed by atoms with E-state index in [0.717, 1.165) is 18.7 Å². The average Bonchev–Trinajstić information content (AvgIpc) is 2.82. The molecule has 0 fully saturated rings. The summed E-state index contributed by atoms with van der Waals surface area (Å²) in [6.45, 7) is 9.99. The number of rotatable bonds is 3. The Bertz CT molecular complexity index is 622. The van der Waals surface area contributed by atoms with E-state index in [9.17, 15) is 0 Å². The number of benzene rings is 1. The first-order valence-corrected chi connectivity index (χ1v) is 7.87. The number of hydrogen-bond acceptors (Lipinski definition) is 2. The normalized spacial score (nSPS) is 20.3. The van der Waals surface area contributed by atoms with Crippen molar-refractivity contribution < 1.29 is 0 Å². The predicted octanol–water partition coefficient (Wildman–Crippen LogP) is 3.80. The Morgan fingerprint density at radius 3 is 2.67 bits per heavy atom. The van der Waals surface area contributed by atoms with Gasteiger partial charge in [-0.25, -0.2) is 4.68 Å². The van der Waals surface area contributed by atoms with E-state index in [1.54, 1.807) is 0 Å². The molecule has 3 heteroatoms. The maximum Gasteiger partial charge on any atom is 0.0649 e. The average molecular weight is 283 g/mol. The van der Waals surface area contributed by atoms with Crippen LogP contribution in [0.15, 0.2) is 30.5 Å². The highest BCUT2D eigenvalue weighted by Gasteiger charge is 2.34. The van der Waals surface area contributed by atoms with Crippen molar-refractivity contribution in [3.8, 4) is 5.69 Å². The molecule has 1 N–H and O–H groups in total. The monoisotopic (exact) mass is 283 g/mol. The minimum Gasteiger partial charge on any atom is -0.310 e. The fraction of sp³-hybridized carbons (Fsp3) is 0.500. The molecule has 0 saturated carbocycles. The Morgan fingerprint density at radius 2 is 2.00 bits per heavy atom. The van der Waals surface area contributed by atoms with Gasteiger partial charge < -0.3 is 5.32 Å². The summed E-state index contributed by atoms with van der Waals surface area (Å²) in [5, 5.41) is 8.29. The van der Waals surface area contributed by atoms with Crippen molar-refractivity contribution in [2.45, 2.75) is 46.6 Å². The highest BCUT2D eigenvalue weighted by molar-refractivity contribution is 5.39. The first kappa shape index (κ1) is 14.3. The second-order valence-electron chi connectivity index (χ2n) is 6.95. The van der Waals surface area contributed by atoms with Crippen molar-refractivity contribution in [3.63, 3.8) is 0 Å². The molecule has 3 rings (SSSR count). The molecule has 112 valence electrons. The molecule has 0 saturated heterocycles. The van der Waals surface area contributed by atoms with Gasteiger partial charge in [0.15, 0.2) is 0 Å². The molecule has 0 aliphatic heterocycles. The molecule has 2 aromatic rings. The number of hydrogen-bond donors (Lipinski definition) is 1. The Labute approximate surface area is 127 Å². The van der Waals surface area contributed by atoms with Crippen LogP contribution in [0.2, 0.25) is 0 Å². The standard InChI is InChI=1S/C18H25N3/c1-5-19-16-10-18(3,4)11-17-15(16)12-20-21(17)14-8-6-13(2)7-9-14/h6-9,12,16,19H,5,10-11H2,1-4H3. The quantitative estimate of drug-likeness (QED) is 0.928. The zero-order valence-corrected chi connectivity index (χ0v) is 13.5. The van der Waals surface area contributed by atoms with Gasteiger partial charge in [0.1, 0.15) is 0 Å². The molecule has 0 amide bonds. The highest BCUT2D eigenvalue weighted by Crippen LogP contribution is 2.41. The number of aromatic nitrogens is 2. The van der Waals surface area contributed by atoms with Crippen LogP contribution in [0.3, 0.4) is 0 Å². The van der Waals surface area contributed by atoms with E-state index in [2.05, 4.69) is 73.3 Å². The molecule has 1 aromatic carbocycles. The molecule has 3 nitrogen and oxygen atoms in total. The van der Waals surface area contributed by atoms with Crippen molar-refractivity contribution in [1.82, 2.24) is 15.1 Å². The minimum atomic E-state index is 0.308. The summed E-state index contributed by atoms with van der Waals surface area (Å²) in [6, 6.07) is 9.05. The Morgan fingerprint density at radius 1 is 1.29 bits per heavy atom. The van der Waals surface area contributed by atoms with Crippen LogP contribution < -0.4 is 5.32 Å². The van der Waals surface area contributed by atoms with Crippen LogP contribution in [0.4, 0.5) is 0 Å². The SMILES string of the molecule is CCNC1CC(C)(C)Cc2c1cnn2-c1ccc(C)cc1. The van der Waals surface area contributed by atoms with Gasteiger partial charge in [0.25, 0.3) is 0 Å². The molecule has 1 atom stereocenters. The molecule has 0 spiro atoms. The molecule has 21 heavy (non-hydrogen) atoms. The van der Waals surface area contributed by atoms with E-state index in [4.69, 9.17) is 0 Å². The Kier molecular flexibility index (Phi) is 3.62. The molecule has 0 bridgehead atoms. The maximum absolute atomic E-state index is 4.67. The summed E-state index contributed by atoms with van der Waals surface area (Å²) < 4.78 is 2.13. The van der Waals surface area contributed by atoms with Crippen LogP contribution in [0.25, 0.3) is 5.69 Å². The second kappa shape index (κ2) is 5.30. The predicted molar refractivity (Wildman–Crippen MR) is 86.8 cm³/mol. The van der Waals surface area contributed by atoms with Crippen LogP contribution in [0.1, 0.15) is 50.1 Å². The van der Waals surface area contributed by atoms with Crippen LogP contribution >= 0.6 is 0 Å². The molecule has 1 unspecified atom stereocenters. The topological polar surface area (TPSA) is 29.9 Å². The van der Waals surface area contributed by atoms with E-state index in [1.807, 2.05) is 0 Å². The second-order valence-corrected chi connectivity index (χ2v) is 6.95. The fourth-order valence-corrected chi connectivity index (χ4v) is 3.38. The number of nitrogens with one attached hydrogen (secondary N) is 1. The Balaban J connectivity index is 2.04. The van der Waals surface area contributed by atoms with Gasteiger partial charge in [0.05, 0.1) is 11.9 Å². The van der Waals surface area contributed by atoms with Gasteiger partial charge in [-0.1, -0.05) is 38.5 Å². The molecular formula is C18H25N3. The lowest BCUT2D eigenvalue weighted by atomic mass is 9.74. The van der Waals surface area contributed by atoms with Gasteiger partial charge in [-0.3, -0.25) is 0 Å². The van der Waals surface area contributed by atoms with Crippen LogP contribution in [0, 0.1) is 12.3 Å². The van der Waals surface area contributed by atoms with Gasteiger partial charge in [-0.2, -0.15) is 5.10 Å². The molecule has 0 radical (unpaired) electrons. The zero-order chi connectivity index (χ0) is 15.0. The zero-order valence-electron chi connectivity index (χ0n) is 13.5. The van der Waals surface area contributed by atoms with Crippen molar-refractivity contribution >= 4 is 0 Å². The first-order chi connectivity index (χ1) is 10.00. The first-order valence-electron chi connectivity index (χ1n) is 7.87. The van der Waals surface area contributed by atoms with Crippen molar-refractivity contribution in [2.75, 3.05) is 6.54 Å². The fourth-order valence-electron chi connectivity index (χ4n) is 3.38. The van der Waals surface area contributed by atoms with E-state index in [1.165, 1.54) is 23.2 Å². The third-order valence-corrected chi connectivity index (χ3v) is 4.41. The summed E-state index contributed by atoms with van der Waals surface area (Å²) in [5.41, 5.74) is 5.49. The molecular weight excluding hydrogens is 258 g/mol. The summed E-state index contributed by atoms with van der Waals surface area (Å²) in [6.07, 6.45) is 4.31. The summed E-state index contributed by atoms with van der Waals surface area (Å²) in [4.78, 5) is 0. The lowest BCUT2D eigenvalue weighted by molar-refractivity contribution is 0.255. The lowest BCUT2D eigenvalue weighted by Gasteiger charge is -2.36. The van der Waals surface area contributed by atoms with E-state index < -0.39 is 0 Å². The van der Waals surface area contributed by atoms with Gasteiger partial charge in [0, 0.05) is 17.3 Å². The number of fused-ring (bicyclic) bond motifs is 1. The summed E-state index contributed by atoms with van der Waals surface area (Å²) in [7, 11) is 0. The Hall–Kier alpha value is -1.61. The van der Waals surface area contributed by atoms with E-state index >= 15 is 0 Å². The number of nitrogens with zero attached hydrogens (tertiary/aromatic N) is 2. The third-order valence-electron chi connectivity index (χ3n) is 4.41. The van der Waals surface area contributed by atoms with Crippen molar-refractivity contribution in [2.24, 2.45) is 5.41 Å². The number of aryl methyl sites for hydroxylation is 1. The summed E-state index contributed by atoms with van der Waals surface area (Å²) >= 11 is 0. The van der Waals surface area contributed by atoms with Crippen molar-refractivity contribution in [1.29, 1.82) is 0 Å². The van der Waals surface area contributed by atoms with Gasteiger partial charge in [0.2, 0.25) is 0 Å². The van der Waals surface area contributed by atoms with Crippen LogP contribution in [-0.4, -0.2) is 16.3 Å². The smallest absolute Gasteiger partial charge is 0.0649 e. The third kappa shape index (κ3) is 2.75. The van der Waals surface area contributed by atoms with Gasteiger partial charge >= 0.3 is 0 Å². The van der Waals surface area contributed by atoms with Crippen molar-refractivity contribution in [3.05, 3.63) is 47.3 Å². The molecule has 1 aliphatic carbocycles. The van der Waals surface area contributed by atoms with E-state index in [0.29, 0.717) is 11.5 Å². The largest absolute Gasteiger partial charge is 0.310 e. The van der Waals surface area contributed by atoms with Crippen LogP contribution in [-0.2, 0) is 6.42 Å². The molecule has 1 heterocycles. The van der Waals surface area contributed by atoms with E-state index in [-0.39, 0.29) is 0 Å². The van der Waals surface area contributed by atoms with Crippen LogP contribution in [0.5, 0.6) is 0 Å².